The number of hydrogen-bond acceptors (Lipinski definition) is 1. The van der Waals surface area contributed by atoms with E-state index in [1.54, 1.807) is 25.2 Å². The van der Waals surface area contributed by atoms with Crippen LogP contribution in [0.5, 0.6) is 0 Å². The highest BCUT2D eigenvalue weighted by atomic mass is 28.3. The Hall–Kier alpha value is -0.706. The summed E-state index contributed by atoms with van der Waals surface area (Å²) in [5, 5.41) is 1.11. The number of hydrogen-bond donors (Lipinski definition) is 0. The lowest BCUT2D eigenvalue weighted by molar-refractivity contribution is -0.131. The van der Waals surface area contributed by atoms with E-state index in [0.29, 0.717) is 10.8 Å². The Labute approximate surface area is 122 Å². The van der Waals surface area contributed by atoms with Gasteiger partial charge in [0.2, 0.25) is 0 Å². The van der Waals surface area contributed by atoms with Crippen LogP contribution in [-0.2, 0) is 0 Å². The molecule has 0 aliphatic rings. The smallest absolute Gasteiger partial charge is 0.388 e. The van der Waals surface area contributed by atoms with Crippen LogP contribution in [0, 0.1) is 0 Å². The summed E-state index contributed by atoms with van der Waals surface area (Å²) >= 11 is 0. The summed E-state index contributed by atoms with van der Waals surface area (Å²) in [5.74, 6) is 0. The van der Waals surface area contributed by atoms with E-state index in [9.17, 15) is 26.3 Å². The third-order valence-electron chi connectivity index (χ3n) is 3.34. The first kappa shape index (κ1) is 18.3. The van der Waals surface area contributed by atoms with Crippen molar-refractivity contribution in [2.45, 2.75) is 50.4 Å². The van der Waals surface area contributed by atoms with Crippen LogP contribution in [0.3, 0.4) is 0 Å². The largest absolute Gasteiger partial charge is 0.477 e. The summed E-state index contributed by atoms with van der Waals surface area (Å²) in [5.41, 5.74) is 0. The topological polar surface area (TPSA) is 13.1 Å². The van der Waals surface area contributed by atoms with Crippen molar-refractivity contribution in [3.8, 4) is 0 Å². The van der Waals surface area contributed by atoms with E-state index in [1.165, 1.54) is 0 Å². The van der Waals surface area contributed by atoms with Gasteiger partial charge in [-0.05, 0) is 24.2 Å². The zero-order valence-corrected chi connectivity index (χ0v) is 14.1. The average Bonchev–Trinajstić information content (AvgIpc) is 2.80. The molecule has 1 nitrogen and oxygen atoms in total. The van der Waals surface area contributed by atoms with Gasteiger partial charge in [0.15, 0.2) is 0 Å². The lowest BCUT2D eigenvalue weighted by Crippen LogP contribution is -2.31. The van der Waals surface area contributed by atoms with Gasteiger partial charge in [-0.1, -0.05) is 13.1 Å². The Bertz CT molecular complexity index is 401. The highest BCUT2D eigenvalue weighted by Crippen LogP contribution is 2.23. The molecule has 0 radical (unpaired) electrons. The number of rotatable bonds is 6. The quantitative estimate of drug-likeness (QED) is 0.568. The molecule has 1 heterocycles. The maximum Gasteiger partial charge on any atom is 0.388 e. The van der Waals surface area contributed by atoms with Gasteiger partial charge < -0.3 is 4.42 Å². The lowest BCUT2D eigenvalue weighted by atomic mass is 10.5. The average molecular weight is 348 g/mol. The molecule has 0 saturated heterocycles. The molecule has 0 saturated carbocycles. The number of furan rings is 1. The Morgan fingerprint density at radius 1 is 0.810 bits per heavy atom. The molecule has 0 aliphatic heterocycles. The monoisotopic (exact) mass is 348 g/mol. The van der Waals surface area contributed by atoms with Gasteiger partial charge in [0.25, 0.3) is 0 Å². The molecule has 0 amide bonds. The van der Waals surface area contributed by atoms with Crippen LogP contribution in [0.2, 0.25) is 25.2 Å². The first-order valence-corrected chi connectivity index (χ1v) is 11.8. The van der Waals surface area contributed by atoms with Gasteiger partial charge in [-0.3, -0.25) is 0 Å². The third kappa shape index (κ3) is 7.21. The van der Waals surface area contributed by atoms with Crippen LogP contribution in [0.25, 0.3) is 0 Å². The molecule has 1 aromatic heterocycles. The molecule has 2 atom stereocenters. The fourth-order valence-corrected chi connectivity index (χ4v) is 5.69. The highest BCUT2D eigenvalue weighted by molar-refractivity contribution is 6.73. The van der Waals surface area contributed by atoms with Crippen molar-refractivity contribution in [3.05, 3.63) is 12.1 Å². The van der Waals surface area contributed by atoms with Gasteiger partial charge in [0, 0.05) is 12.8 Å². The first-order chi connectivity index (χ1) is 9.48. The van der Waals surface area contributed by atoms with Crippen LogP contribution >= 0.6 is 0 Å². The second kappa shape index (κ2) is 7.04. The minimum absolute atomic E-state index is 0.0505. The van der Waals surface area contributed by atoms with Gasteiger partial charge in [0.05, 0.1) is 10.8 Å². The van der Waals surface area contributed by atoms with E-state index in [0.717, 1.165) is 0 Å². The molecular weight excluding hydrogens is 330 g/mol. The Balaban J connectivity index is 2.55. The highest BCUT2D eigenvalue weighted by Gasteiger charge is 2.30. The van der Waals surface area contributed by atoms with E-state index in [4.69, 9.17) is 4.42 Å². The molecular formula is C12H18F6OSi2. The summed E-state index contributed by atoms with van der Waals surface area (Å²) in [4.78, 5) is 0. The zero-order valence-electron chi connectivity index (χ0n) is 11.8. The van der Waals surface area contributed by atoms with Gasteiger partial charge in [0.1, 0.15) is 17.6 Å². The lowest BCUT2D eigenvalue weighted by Gasteiger charge is -2.11. The van der Waals surface area contributed by atoms with E-state index >= 15 is 0 Å². The number of alkyl halides is 6. The normalized spacial score (nSPS) is 16.0. The summed E-state index contributed by atoms with van der Waals surface area (Å²) < 4.78 is 78.5. The van der Waals surface area contributed by atoms with Crippen LogP contribution in [0.4, 0.5) is 26.3 Å². The van der Waals surface area contributed by atoms with Crippen LogP contribution in [0.15, 0.2) is 16.5 Å². The second-order valence-electron chi connectivity index (χ2n) is 5.35. The van der Waals surface area contributed by atoms with Crippen molar-refractivity contribution in [2.24, 2.45) is 0 Å². The van der Waals surface area contributed by atoms with E-state index in [2.05, 4.69) is 0 Å². The Morgan fingerprint density at radius 2 is 1.14 bits per heavy atom. The van der Waals surface area contributed by atoms with Crippen molar-refractivity contribution in [1.82, 2.24) is 0 Å². The molecule has 0 aliphatic carbocycles. The zero-order chi connectivity index (χ0) is 16.3. The third-order valence-corrected chi connectivity index (χ3v) is 8.21. The van der Waals surface area contributed by atoms with Crippen molar-refractivity contribution < 1.29 is 30.8 Å². The summed E-state index contributed by atoms with van der Waals surface area (Å²) in [6, 6.07) is 3.38. The molecule has 122 valence electrons. The minimum Gasteiger partial charge on any atom is -0.477 e. The minimum atomic E-state index is -4.18. The molecule has 2 unspecified atom stereocenters. The summed E-state index contributed by atoms with van der Waals surface area (Å²) in [6.07, 6.45) is -10.0. The molecule has 0 bridgehead atoms. The number of halogens is 6. The van der Waals surface area contributed by atoms with Crippen LogP contribution in [0.1, 0.15) is 12.8 Å². The van der Waals surface area contributed by atoms with Gasteiger partial charge in [-0.25, -0.2) is 0 Å². The molecule has 21 heavy (non-hydrogen) atoms. The van der Waals surface area contributed by atoms with Gasteiger partial charge in [-0.2, -0.15) is 26.3 Å². The van der Waals surface area contributed by atoms with Crippen molar-refractivity contribution in [3.63, 3.8) is 0 Å². The molecule has 0 spiro atoms. The molecule has 1 rings (SSSR count). The summed E-state index contributed by atoms with van der Waals surface area (Å²) in [7, 11) is -3.64. The maximum absolute atomic E-state index is 12.2. The van der Waals surface area contributed by atoms with Crippen LogP contribution in [-0.4, -0.2) is 29.9 Å². The predicted octanol–water partition coefficient (Wildman–Crippen LogP) is 3.31. The standard InChI is InChI=1S/C12H18F6OSi2/c1-20(7-5-11(13,14)15)9-3-4-10(19-9)21(2)8-6-12(16,17)18/h3-4,20-21H,5-8H2,1-2H3. The van der Waals surface area contributed by atoms with E-state index in [-0.39, 0.29) is 12.1 Å². The molecule has 1 aromatic rings. The molecule has 0 N–H and O–H groups in total. The summed E-state index contributed by atoms with van der Waals surface area (Å²) in [6.45, 7) is 3.52. The molecule has 0 fully saturated rings. The SMILES string of the molecule is C[SiH](CCC(F)(F)F)c1ccc([SiH](C)CCC(F)(F)F)o1. The second-order valence-corrected chi connectivity index (χ2v) is 11.2. The van der Waals surface area contributed by atoms with Gasteiger partial charge in [-0.15, -0.1) is 0 Å². The molecule has 0 aromatic carbocycles. The fraction of sp³-hybridized carbons (Fsp3) is 0.667. The first-order valence-electron chi connectivity index (χ1n) is 6.71. The van der Waals surface area contributed by atoms with Crippen LogP contribution < -0.4 is 10.8 Å². The van der Waals surface area contributed by atoms with Crippen molar-refractivity contribution in [2.75, 3.05) is 0 Å². The van der Waals surface area contributed by atoms with Crippen molar-refractivity contribution in [1.29, 1.82) is 0 Å². The van der Waals surface area contributed by atoms with E-state index in [1.807, 2.05) is 0 Å². The Morgan fingerprint density at radius 3 is 1.43 bits per heavy atom. The maximum atomic E-state index is 12.2. The van der Waals surface area contributed by atoms with E-state index < -0.39 is 42.8 Å². The Kier molecular flexibility index (Phi) is 6.15. The van der Waals surface area contributed by atoms with Crippen molar-refractivity contribution >= 4 is 28.4 Å². The fourth-order valence-electron chi connectivity index (χ4n) is 1.94. The van der Waals surface area contributed by atoms with Gasteiger partial charge >= 0.3 is 12.4 Å². The molecule has 9 heteroatoms. The predicted molar refractivity (Wildman–Crippen MR) is 75.0 cm³/mol.